The van der Waals surface area contributed by atoms with Crippen molar-refractivity contribution in [1.82, 2.24) is 15.5 Å². The summed E-state index contributed by atoms with van der Waals surface area (Å²) >= 11 is 0. The van der Waals surface area contributed by atoms with Gasteiger partial charge in [-0.2, -0.15) is 0 Å². The third-order valence-corrected chi connectivity index (χ3v) is 4.45. The lowest BCUT2D eigenvalue weighted by atomic mass is 9.85. The molecule has 2 rings (SSSR count). The number of carbonyl (C=O) groups is 1. The van der Waals surface area contributed by atoms with Gasteiger partial charge >= 0.3 is 0 Å². The maximum Gasteiger partial charge on any atom is 0.223 e. The number of ether oxygens (including phenoxy) is 1. The number of nitrogens with two attached hydrogens (primary N) is 1. The van der Waals surface area contributed by atoms with Crippen molar-refractivity contribution in [1.29, 1.82) is 0 Å². The van der Waals surface area contributed by atoms with Crippen molar-refractivity contribution < 1.29 is 9.53 Å². The summed E-state index contributed by atoms with van der Waals surface area (Å²) in [5, 5.41) is 6.10. The zero-order valence-electron chi connectivity index (χ0n) is 14.5. The summed E-state index contributed by atoms with van der Waals surface area (Å²) in [6.45, 7) is 6.97. The number of guanidine groups is 1. The molecule has 0 aromatic heterocycles. The second-order valence-electron chi connectivity index (χ2n) is 6.27. The number of hydrogen-bond donors (Lipinski definition) is 3. The minimum Gasteiger partial charge on any atom is -0.379 e. The molecular weight excluding hydrogens is 421 g/mol. The predicted molar refractivity (Wildman–Crippen MR) is 107 cm³/mol. The van der Waals surface area contributed by atoms with Crippen LogP contribution in [0.2, 0.25) is 0 Å². The van der Waals surface area contributed by atoms with E-state index in [1.165, 1.54) is 6.42 Å². The molecule has 1 heterocycles. The number of halogens is 1. The Morgan fingerprint density at radius 1 is 1.17 bits per heavy atom. The molecule has 24 heavy (non-hydrogen) atoms. The zero-order chi connectivity index (χ0) is 16.3. The van der Waals surface area contributed by atoms with E-state index in [1.54, 1.807) is 0 Å². The molecule has 0 aromatic carbocycles. The van der Waals surface area contributed by atoms with E-state index in [9.17, 15) is 4.79 Å². The molecule has 2 fully saturated rings. The Balaban J connectivity index is 0.00000288. The van der Waals surface area contributed by atoms with Crippen LogP contribution >= 0.6 is 24.0 Å². The number of amides is 1. The number of nitrogens with zero attached hydrogens (tertiary/aromatic N) is 2. The first-order valence-electron chi connectivity index (χ1n) is 8.87. The van der Waals surface area contributed by atoms with Crippen molar-refractivity contribution >= 4 is 35.8 Å². The summed E-state index contributed by atoms with van der Waals surface area (Å²) < 4.78 is 5.32. The Bertz CT molecular complexity index is 385. The molecule has 1 aliphatic heterocycles. The van der Waals surface area contributed by atoms with Crippen LogP contribution in [0.15, 0.2) is 4.99 Å². The number of hydrogen-bond acceptors (Lipinski definition) is 4. The fraction of sp³-hybridized carbons (Fsp3) is 0.875. The Hall–Kier alpha value is -0.610. The molecule has 1 saturated heterocycles. The van der Waals surface area contributed by atoms with Crippen LogP contribution in [0.3, 0.4) is 0 Å². The van der Waals surface area contributed by atoms with Crippen LogP contribution in [0, 0.1) is 5.92 Å². The van der Waals surface area contributed by atoms with Gasteiger partial charge in [0.2, 0.25) is 5.91 Å². The number of aliphatic imine (C=N–C) groups is 1. The Morgan fingerprint density at radius 3 is 2.54 bits per heavy atom. The van der Waals surface area contributed by atoms with Gasteiger partial charge in [0.15, 0.2) is 5.96 Å². The monoisotopic (exact) mass is 453 g/mol. The second kappa shape index (κ2) is 12.7. The molecule has 0 aromatic rings. The van der Waals surface area contributed by atoms with E-state index in [0.717, 1.165) is 65.1 Å². The maximum atomic E-state index is 11.6. The second-order valence-corrected chi connectivity index (χ2v) is 6.27. The van der Waals surface area contributed by atoms with Gasteiger partial charge in [-0.25, -0.2) is 0 Å². The van der Waals surface area contributed by atoms with Crippen molar-refractivity contribution in [3.05, 3.63) is 0 Å². The zero-order valence-corrected chi connectivity index (χ0v) is 16.8. The third-order valence-electron chi connectivity index (χ3n) is 4.45. The lowest BCUT2D eigenvalue weighted by Crippen LogP contribution is -2.39. The van der Waals surface area contributed by atoms with Crippen LogP contribution in [-0.4, -0.2) is 69.2 Å². The fourth-order valence-corrected chi connectivity index (χ4v) is 2.70. The SMILES string of the molecule is I.NC(=NCCCNC(=O)C1CCC1)NCCCN1CCOCC1. The first-order valence-corrected chi connectivity index (χ1v) is 8.87. The normalized spacial score (nSPS) is 19.2. The average Bonchev–Trinajstić information content (AvgIpc) is 2.50. The van der Waals surface area contributed by atoms with E-state index < -0.39 is 0 Å². The van der Waals surface area contributed by atoms with E-state index in [1.807, 2.05) is 0 Å². The predicted octanol–water partition coefficient (Wildman–Crippen LogP) is 0.537. The molecule has 1 saturated carbocycles. The molecule has 0 bridgehead atoms. The minimum atomic E-state index is 0. The molecule has 7 nitrogen and oxygen atoms in total. The largest absolute Gasteiger partial charge is 0.379 e. The van der Waals surface area contributed by atoms with Crippen LogP contribution in [0.25, 0.3) is 0 Å². The van der Waals surface area contributed by atoms with Crippen molar-refractivity contribution in [3.63, 3.8) is 0 Å². The van der Waals surface area contributed by atoms with E-state index in [-0.39, 0.29) is 35.8 Å². The maximum absolute atomic E-state index is 11.6. The van der Waals surface area contributed by atoms with Crippen LogP contribution in [-0.2, 0) is 9.53 Å². The number of rotatable bonds is 9. The van der Waals surface area contributed by atoms with Gasteiger partial charge < -0.3 is 21.1 Å². The topological polar surface area (TPSA) is 92.0 Å². The minimum absolute atomic E-state index is 0. The van der Waals surface area contributed by atoms with Gasteiger partial charge in [0.1, 0.15) is 0 Å². The highest BCUT2D eigenvalue weighted by Gasteiger charge is 2.24. The molecule has 0 spiro atoms. The number of nitrogens with one attached hydrogen (secondary N) is 2. The van der Waals surface area contributed by atoms with Gasteiger partial charge in [-0.1, -0.05) is 6.42 Å². The van der Waals surface area contributed by atoms with Crippen LogP contribution in [0.1, 0.15) is 32.1 Å². The lowest BCUT2D eigenvalue weighted by molar-refractivity contribution is -0.127. The van der Waals surface area contributed by atoms with Crippen molar-refractivity contribution in [2.45, 2.75) is 32.1 Å². The molecule has 8 heteroatoms. The third kappa shape index (κ3) is 8.48. The standard InChI is InChI=1S/C16H31N5O2.HI/c17-16(20-8-3-9-21-10-12-23-13-11-21)19-7-2-6-18-15(22)14-4-1-5-14;/h14H,1-13H2,(H,18,22)(H3,17,19,20);1H. The first-order chi connectivity index (χ1) is 11.3. The summed E-state index contributed by atoms with van der Waals surface area (Å²) in [5.41, 5.74) is 5.83. The molecule has 1 amide bonds. The van der Waals surface area contributed by atoms with Crippen LogP contribution < -0.4 is 16.4 Å². The van der Waals surface area contributed by atoms with E-state index in [0.29, 0.717) is 19.0 Å². The first kappa shape index (κ1) is 21.4. The van der Waals surface area contributed by atoms with E-state index in [2.05, 4.69) is 20.5 Å². The Labute approximate surface area is 162 Å². The molecule has 0 radical (unpaired) electrons. The molecule has 4 N–H and O–H groups in total. The van der Waals surface area contributed by atoms with Crippen LogP contribution in [0.4, 0.5) is 0 Å². The van der Waals surface area contributed by atoms with Gasteiger partial charge in [0, 0.05) is 38.6 Å². The van der Waals surface area contributed by atoms with Gasteiger partial charge in [-0.3, -0.25) is 14.7 Å². The van der Waals surface area contributed by atoms with Gasteiger partial charge in [-0.15, -0.1) is 24.0 Å². The highest BCUT2D eigenvalue weighted by atomic mass is 127. The van der Waals surface area contributed by atoms with E-state index in [4.69, 9.17) is 10.5 Å². The lowest BCUT2D eigenvalue weighted by Gasteiger charge is -2.26. The highest BCUT2D eigenvalue weighted by Crippen LogP contribution is 2.25. The van der Waals surface area contributed by atoms with Crippen molar-refractivity contribution in [3.8, 4) is 0 Å². The van der Waals surface area contributed by atoms with Gasteiger partial charge in [0.25, 0.3) is 0 Å². The molecule has 0 atom stereocenters. The summed E-state index contributed by atoms with van der Waals surface area (Å²) in [6, 6.07) is 0. The van der Waals surface area contributed by atoms with Crippen LogP contribution in [0.5, 0.6) is 0 Å². The number of morpholine rings is 1. The van der Waals surface area contributed by atoms with Crippen molar-refractivity contribution in [2.24, 2.45) is 16.6 Å². The van der Waals surface area contributed by atoms with Gasteiger partial charge in [0.05, 0.1) is 13.2 Å². The average molecular weight is 453 g/mol. The highest BCUT2D eigenvalue weighted by molar-refractivity contribution is 14.0. The summed E-state index contributed by atoms with van der Waals surface area (Å²) in [7, 11) is 0. The summed E-state index contributed by atoms with van der Waals surface area (Å²) in [5.74, 6) is 0.962. The Morgan fingerprint density at radius 2 is 1.88 bits per heavy atom. The molecule has 2 aliphatic rings. The summed E-state index contributed by atoms with van der Waals surface area (Å²) in [6.07, 6.45) is 5.16. The Kier molecular flexibility index (Phi) is 11.4. The molecule has 1 aliphatic carbocycles. The molecule has 0 unspecified atom stereocenters. The van der Waals surface area contributed by atoms with Gasteiger partial charge in [-0.05, 0) is 32.2 Å². The fourth-order valence-electron chi connectivity index (χ4n) is 2.70. The molecular formula is C16H32IN5O2. The summed E-state index contributed by atoms with van der Waals surface area (Å²) in [4.78, 5) is 18.3. The quantitative estimate of drug-likeness (QED) is 0.205. The molecule has 140 valence electrons. The van der Waals surface area contributed by atoms with Crippen molar-refractivity contribution in [2.75, 3.05) is 52.5 Å². The number of carbonyl (C=O) groups excluding carboxylic acids is 1. The van der Waals surface area contributed by atoms with E-state index >= 15 is 0 Å². The smallest absolute Gasteiger partial charge is 0.223 e.